The third kappa shape index (κ3) is 5.41. The van der Waals surface area contributed by atoms with E-state index in [4.69, 9.17) is 15.0 Å². The molecule has 192 valence electrons. The van der Waals surface area contributed by atoms with Crippen molar-refractivity contribution in [1.29, 1.82) is 0 Å². The molecule has 5 rings (SSSR count). The van der Waals surface area contributed by atoms with E-state index in [1.807, 2.05) is 12.1 Å². The molecule has 0 saturated carbocycles. The van der Waals surface area contributed by atoms with Gasteiger partial charge < -0.3 is 20.3 Å². The van der Waals surface area contributed by atoms with Crippen molar-refractivity contribution in [2.45, 2.75) is 43.0 Å². The summed E-state index contributed by atoms with van der Waals surface area (Å²) in [5, 5.41) is 7.21. The Bertz CT molecular complexity index is 1480. The van der Waals surface area contributed by atoms with Crippen molar-refractivity contribution in [3.63, 3.8) is 0 Å². The van der Waals surface area contributed by atoms with Gasteiger partial charge in [0.25, 0.3) is 0 Å². The summed E-state index contributed by atoms with van der Waals surface area (Å²) in [5.41, 5.74) is 10.5. The van der Waals surface area contributed by atoms with Crippen LogP contribution in [0.15, 0.2) is 70.2 Å². The molecule has 3 N–H and O–H groups in total. The van der Waals surface area contributed by atoms with Crippen LogP contribution in [0.4, 0.5) is 5.82 Å². The minimum absolute atomic E-state index is 0.211. The molecule has 1 aliphatic rings. The molecule has 9 nitrogen and oxygen atoms in total. The fourth-order valence-electron chi connectivity index (χ4n) is 4.08. The van der Waals surface area contributed by atoms with Gasteiger partial charge in [0, 0.05) is 36.4 Å². The molecule has 3 heterocycles. The number of ether oxygens (including phenoxy) is 1. The summed E-state index contributed by atoms with van der Waals surface area (Å²) in [4.78, 5) is 9.17. The van der Waals surface area contributed by atoms with E-state index >= 15 is 0 Å². The van der Waals surface area contributed by atoms with Gasteiger partial charge in [0.2, 0.25) is 0 Å². The topological polar surface area (TPSA) is 133 Å². The molecule has 4 aromatic rings. The number of aromatic nitrogens is 3. The van der Waals surface area contributed by atoms with Crippen molar-refractivity contribution < 1.29 is 17.7 Å². The number of nitrogens with two attached hydrogens (primary N) is 1. The fourth-order valence-corrected chi connectivity index (χ4v) is 5.14. The van der Waals surface area contributed by atoms with Crippen LogP contribution in [-0.2, 0) is 21.1 Å². The zero-order valence-electron chi connectivity index (χ0n) is 20.7. The first-order chi connectivity index (χ1) is 17.8. The standard InChI is InChI=1S/C27H29N5O4S/c1-17(2)37(33,34)22-9-7-20(8-10-22)24-15-30-27(28)26(31-24)25-13-23(32-36-25)19-5-3-18(4-6-19)14-29-21-11-12-35-16-21/h3-10,13,15,17,21,29H,11-12,14,16H2,1-2H3,(H2,28,30)/t21-/m1/s1. The highest BCUT2D eigenvalue weighted by molar-refractivity contribution is 7.92. The molecule has 1 aliphatic heterocycles. The van der Waals surface area contributed by atoms with E-state index in [-0.39, 0.29) is 10.7 Å². The molecular weight excluding hydrogens is 490 g/mol. The van der Waals surface area contributed by atoms with Crippen molar-refractivity contribution in [1.82, 2.24) is 20.4 Å². The first-order valence-corrected chi connectivity index (χ1v) is 13.7. The van der Waals surface area contributed by atoms with Gasteiger partial charge >= 0.3 is 0 Å². The summed E-state index contributed by atoms with van der Waals surface area (Å²) in [6.07, 6.45) is 2.59. The zero-order chi connectivity index (χ0) is 26.0. The van der Waals surface area contributed by atoms with Crippen LogP contribution in [0.3, 0.4) is 0 Å². The first-order valence-electron chi connectivity index (χ1n) is 12.2. The van der Waals surface area contributed by atoms with Crippen LogP contribution in [0.25, 0.3) is 34.0 Å². The largest absolute Gasteiger partial charge is 0.382 e. The third-order valence-electron chi connectivity index (χ3n) is 6.42. The van der Waals surface area contributed by atoms with E-state index in [1.165, 1.54) is 5.56 Å². The van der Waals surface area contributed by atoms with Gasteiger partial charge in [0.15, 0.2) is 27.1 Å². The molecule has 10 heteroatoms. The highest BCUT2D eigenvalue weighted by atomic mass is 32.2. The predicted molar refractivity (Wildman–Crippen MR) is 141 cm³/mol. The number of nitrogens with one attached hydrogen (secondary N) is 1. The lowest BCUT2D eigenvalue weighted by atomic mass is 10.1. The Hall–Kier alpha value is -3.60. The second-order valence-electron chi connectivity index (χ2n) is 9.32. The number of hydrogen-bond acceptors (Lipinski definition) is 9. The van der Waals surface area contributed by atoms with Crippen LogP contribution in [0.5, 0.6) is 0 Å². The number of sulfone groups is 1. The Morgan fingerprint density at radius 1 is 1.05 bits per heavy atom. The summed E-state index contributed by atoms with van der Waals surface area (Å²) in [6, 6.07) is 16.9. The van der Waals surface area contributed by atoms with Crippen molar-refractivity contribution in [3.8, 4) is 34.0 Å². The highest BCUT2D eigenvalue weighted by Gasteiger charge is 2.20. The monoisotopic (exact) mass is 519 g/mol. The number of rotatable bonds is 8. The lowest BCUT2D eigenvalue weighted by Crippen LogP contribution is -2.28. The predicted octanol–water partition coefficient (Wildman–Crippen LogP) is 4.11. The van der Waals surface area contributed by atoms with Crippen molar-refractivity contribution >= 4 is 15.7 Å². The summed E-state index contributed by atoms with van der Waals surface area (Å²) in [5.74, 6) is 0.607. The number of nitrogens with zero attached hydrogens (tertiary/aromatic N) is 3. The Morgan fingerprint density at radius 3 is 2.43 bits per heavy atom. The molecular formula is C27H29N5O4S. The van der Waals surface area contributed by atoms with Gasteiger partial charge in [0.1, 0.15) is 5.69 Å². The maximum Gasteiger partial charge on any atom is 0.189 e. The average molecular weight is 520 g/mol. The van der Waals surface area contributed by atoms with Crippen LogP contribution >= 0.6 is 0 Å². The van der Waals surface area contributed by atoms with Crippen LogP contribution in [-0.4, -0.2) is 48.0 Å². The van der Waals surface area contributed by atoms with Gasteiger partial charge in [-0.2, -0.15) is 0 Å². The second kappa shape index (κ2) is 10.4. The van der Waals surface area contributed by atoms with E-state index in [0.717, 1.165) is 31.7 Å². The number of nitrogen functional groups attached to an aromatic ring is 1. The van der Waals surface area contributed by atoms with Crippen molar-refractivity contribution in [2.24, 2.45) is 0 Å². The summed E-state index contributed by atoms with van der Waals surface area (Å²) >= 11 is 0. The first kappa shape index (κ1) is 25.1. The van der Waals surface area contributed by atoms with E-state index in [1.54, 1.807) is 50.4 Å². The normalized spacial score (nSPS) is 15.9. The Morgan fingerprint density at radius 2 is 1.76 bits per heavy atom. The van der Waals surface area contributed by atoms with Gasteiger partial charge in [0.05, 0.1) is 28.6 Å². The lowest BCUT2D eigenvalue weighted by Gasteiger charge is -2.10. The molecule has 0 unspecified atom stereocenters. The molecule has 0 bridgehead atoms. The zero-order valence-corrected chi connectivity index (χ0v) is 21.5. The third-order valence-corrected chi connectivity index (χ3v) is 8.59. The fraction of sp³-hybridized carbons (Fsp3) is 0.296. The summed E-state index contributed by atoms with van der Waals surface area (Å²) in [7, 11) is -3.36. The summed E-state index contributed by atoms with van der Waals surface area (Å²) < 4.78 is 35.8. The van der Waals surface area contributed by atoms with Crippen LogP contribution in [0.1, 0.15) is 25.8 Å². The Labute approximate surface area is 216 Å². The minimum Gasteiger partial charge on any atom is -0.382 e. The second-order valence-corrected chi connectivity index (χ2v) is 11.8. The molecule has 2 aromatic heterocycles. The van der Waals surface area contributed by atoms with E-state index in [2.05, 4.69) is 32.6 Å². The van der Waals surface area contributed by atoms with E-state index < -0.39 is 15.1 Å². The maximum atomic E-state index is 12.4. The number of benzene rings is 2. The lowest BCUT2D eigenvalue weighted by molar-refractivity contribution is 0.190. The van der Waals surface area contributed by atoms with Gasteiger partial charge in [-0.05, 0) is 38.0 Å². The van der Waals surface area contributed by atoms with Gasteiger partial charge in [-0.1, -0.05) is 41.6 Å². The molecule has 2 aromatic carbocycles. The van der Waals surface area contributed by atoms with E-state index in [0.29, 0.717) is 34.4 Å². The molecule has 37 heavy (non-hydrogen) atoms. The van der Waals surface area contributed by atoms with Gasteiger partial charge in [-0.25, -0.2) is 18.4 Å². The van der Waals surface area contributed by atoms with Crippen LogP contribution in [0, 0.1) is 0 Å². The molecule has 0 spiro atoms. The highest BCUT2D eigenvalue weighted by Crippen LogP contribution is 2.30. The van der Waals surface area contributed by atoms with Crippen molar-refractivity contribution in [2.75, 3.05) is 18.9 Å². The molecule has 0 radical (unpaired) electrons. The van der Waals surface area contributed by atoms with Crippen molar-refractivity contribution in [3.05, 3.63) is 66.4 Å². The Kier molecular flexibility index (Phi) is 7.05. The quantitative estimate of drug-likeness (QED) is 0.353. The smallest absolute Gasteiger partial charge is 0.189 e. The molecule has 1 saturated heterocycles. The molecule has 1 atom stereocenters. The molecule has 0 aliphatic carbocycles. The summed E-state index contributed by atoms with van der Waals surface area (Å²) in [6.45, 7) is 5.67. The number of hydrogen-bond donors (Lipinski definition) is 2. The number of anilines is 1. The van der Waals surface area contributed by atoms with Crippen LogP contribution < -0.4 is 11.1 Å². The van der Waals surface area contributed by atoms with Crippen LogP contribution in [0.2, 0.25) is 0 Å². The van der Waals surface area contributed by atoms with Gasteiger partial charge in [-0.15, -0.1) is 0 Å². The SMILES string of the molecule is CC(C)S(=O)(=O)c1ccc(-c2cnc(N)c(-c3cc(-c4ccc(CN[C@@H]5CCOC5)cc4)no3)n2)cc1. The minimum atomic E-state index is -3.36. The van der Waals surface area contributed by atoms with Gasteiger partial charge in [-0.3, -0.25) is 0 Å². The molecule has 1 fully saturated rings. The van der Waals surface area contributed by atoms with E-state index in [9.17, 15) is 8.42 Å². The average Bonchev–Trinajstić information content (AvgIpc) is 3.61. The Balaban J connectivity index is 1.34. The maximum absolute atomic E-state index is 12.4. The molecule has 0 amide bonds.